The SMILES string of the molecule is Cc1ccc(C(C)(C)C(=O)N2CCC[C@H]2c2nc(C)c3c(n2)N(CC(C)C)C(=O)CC3)cc1. The standard InChI is InChI=1S/C27H36N4O2/c1-17(2)16-31-23(32)14-13-21-19(4)28-24(29-25(21)31)22-8-7-15-30(22)26(33)27(5,6)20-11-9-18(3)10-12-20/h9-12,17,22H,7-8,13-16H2,1-6H3/t22-/m0/s1. The summed E-state index contributed by atoms with van der Waals surface area (Å²) in [7, 11) is 0. The van der Waals surface area contributed by atoms with Gasteiger partial charge in [0.25, 0.3) is 0 Å². The summed E-state index contributed by atoms with van der Waals surface area (Å²) in [4.78, 5) is 40.1. The molecule has 3 heterocycles. The van der Waals surface area contributed by atoms with E-state index in [9.17, 15) is 9.59 Å². The van der Waals surface area contributed by atoms with Crippen LogP contribution in [-0.2, 0) is 21.4 Å². The van der Waals surface area contributed by atoms with Crippen LogP contribution in [0.15, 0.2) is 24.3 Å². The summed E-state index contributed by atoms with van der Waals surface area (Å²) in [5.41, 5.74) is 3.54. The van der Waals surface area contributed by atoms with Crippen molar-refractivity contribution in [3.05, 3.63) is 52.5 Å². The fourth-order valence-electron chi connectivity index (χ4n) is 5.04. The maximum atomic E-state index is 13.8. The van der Waals surface area contributed by atoms with Crippen LogP contribution < -0.4 is 4.90 Å². The first-order valence-electron chi connectivity index (χ1n) is 12.2. The van der Waals surface area contributed by atoms with Crippen LogP contribution in [0.3, 0.4) is 0 Å². The zero-order valence-corrected chi connectivity index (χ0v) is 20.8. The number of hydrogen-bond donors (Lipinski definition) is 0. The van der Waals surface area contributed by atoms with E-state index in [1.165, 1.54) is 5.56 Å². The van der Waals surface area contributed by atoms with Crippen LogP contribution in [0.1, 0.15) is 81.2 Å². The molecule has 0 aliphatic carbocycles. The van der Waals surface area contributed by atoms with Crippen molar-refractivity contribution in [3.8, 4) is 0 Å². The lowest BCUT2D eigenvalue weighted by molar-refractivity contribution is -0.137. The second kappa shape index (κ2) is 8.88. The molecule has 2 amide bonds. The van der Waals surface area contributed by atoms with Gasteiger partial charge in [-0.25, -0.2) is 9.97 Å². The van der Waals surface area contributed by atoms with E-state index in [1.54, 1.807) is 0 Å². The zero-order valence-electron chi connectivity index (χ0n) is 20.8. The van der Waals surface area contributed by atoms with Crippen molar-refractivity contribution in [2.24, 2.45) is 5.92 Å². The molecule has 2 aliphatic heterocycles. The molecular weight excluding hydrogens is 412 g/mol. The zero-order chi connectivity index (χ0) is 23.9. The Morgan fingerprint density at radius 3 is 2.48 bits per heavy atom. The van der Waals surface area contributed by atoms with E-state index in [-0.39, 0.29) is 17.9 Å². The number of likely N-dealkylation sites (tertiary alicyclic amines) is 1. The third kappa shape index (κ3) is 4.40. The highest BCUT2D eigenvalue weighted by atomic mass is 16.2. The number of hydrogen-bond acceptors (Lipinski definition) is 4. The quantitative estimate of drug-likeness (QED) is 0.667. The third-order valence-electron chi connectivity index (χ3n) is 7.02. The predicted octanol–water partition coefficient (Wildman–Crippen LogP) is 4.67. The molecule has 0 N–H and O–H groups in total. The normalized spacial score (nSPS) is 18.8. The van der Waals surface area contributed by atoms with Crippen molar-refractivity contribution in [2.45, 2.75) is 78.7 Å². The van der Waals surface area contributed by atoms with Gasteiger partial charge in [-0.15, -0.1) is 0 Å². The maximum absolute atomic E-state index is 13.8. The van der Waals surface area contributed by atoms with Crippen LogP contribution in [0.25, 0.3) is 0 Å². The van der Waals surface area contributed by atoms with Crippen LogP contribution in [0.5, 0.6) is 0 Å². The van der Waals surface area contributed by atoms with Gasteiger partial charge in [0, 0.05) is 30.8 Å². The number of rotatable bonds is 5. The number of nitrogens with zero attached hydrogens (tertiary/aromatic N) is 4. The second-order valence-corrected chi connectivity index (χ2v) is 10.5. The van der Waals surface area contributed by atoms with Gasteiger partial charge in [0.15, 0.2) is 5.82 Å². The van der Waals surface area contributed by atoms with E-state index in [1.807, 2.05) is 42.7 Å². The Kier molecular flexibility index (Phi) is 6.30. The van der Waals surface area contributed by atoms with E-state index < -0.39 is 5.41 Å². The van der Waals surface area contributed by atoms with Crippen LogP contribution >= 0.6 is 0 Å². The summed E-state index contributed by atoms with van der Waals surface area (Å²) in [6.45, 7) is 13.6. The molecule has 0 spiro atoms. The van der Waals surface area contributed by atoms with Gasteiger partial charge >= 0.3 is 0 Å². The van der Waals surface area contributed by atoms with Gasteiger partial charge in [0.2, 0.25) is 11.8 Å². The number of aromatic nitrogens is 2. The Morgan fingerprint density at radius 2 is 1.82 bits per heavy atom. The molecule has 2 aromatic rings. The molecule has 6 nitrogen and oxygen atoms in total. The number of anilines is 1. The second-order valence-electron chi connectivity index (χ2n) is 10.5. The minimum atomic E-state index is -0.640. The van der Waals surface area contributed by atoms with Crippen LogP contribution in [0.4, 0.5) is 5.82 Å². The number of fused-ring (bicyclic) bond motifs is 1. The Morgan fingerprint density at radius 1 is 1.12 bits per heavy atom. The average molecular weight is 449 g/mol. The Labute approximate surface area is 197 Å². The van der Waals surface area contributed by atoms with Gasteiger partial charge in [-0.2, -0.15) is 0 Å². The summed E-state index contributed by atoms with van der Waals surface area (Å²) < 4.78 is 0. The lowest BCUT2D eigenvalue weighted by Crippen LogP contribution is -2.44. The molecule has 0 saturated carbocycles. The fraction of sp³-hybridized carbons (Fsp3) is 0.556. The molecule has 4 rings (SSSR count). The molecule has 0 bridgehead atoms. The molecule has 1 atom stereocenters. The molecule has 1 fully saturated rings. The maximum Gasteiger partial charge on any atom is 0.233 e. The van der Waals surface area contributed by atoms with E-state index in [0.717, 1.165) is 35.5 Å². The molecule has 1 aromatic heterocycles. The monoisotopic (exact) mass is 448 g/mol. The van der Waals surface area contributed by atoms with Gasteiger partial charge in [0.1, 0.15) is 5.82 Å². The predicted molar refractivity (Wildman–Crippen MR) is 130 cm³/mol. The molecule has 1 aromatic carbocycles. The van der Waals surface area contributed by atoms with E-state index in [4.69, 9.17) is 9.97 Å². The third-order valence-corrected chi connectivity index (χ3v) is 7.02. The van der Waals surface area contributed by atoms with E-state index in [2.05, 4.69) is 32.9 Å². The summed E-state index contributed by atoms with van der Waals surface area (Å²) in [6, 6.07) is 8.05. The largest absolute Gasteiger partial charge is 0.332 e. The molecule has 0 unspecified atom stereocenters. The smallest absolute Gasteiger partial charge is 0.233 e. The van der Waals surface area contributed by atoms with Crippen molar-refractivity contribution < 1.29 is 9.59 Å². The Bertz CT molecular complexity index is 1060. The number of aryl methyl sites for hydroxylation is 2. The van der Waals surface area contributed by atoms with Gasteiger partial charge in [-0.3, -0.25) is 14.5 Å². The van der Waals surface area contributed by atoms with Gasteiger partial charge in [0.05, 0.1) is 11.5 Å². The minimum Gasteiger partial charge on any atom is -0.332 e. The highest BCUT2D eigenvalue weighted by Crippen LogP contribution is 2.38. The topological polar surface area (TPSA) is 66.4 Å². The van der Waals surface area contributed by atoms with Gasteiger partial charge in [-0.1, -0.05) is 43.7 Å². The van der Waals surface area contributed by atoms with Crippen LogP contribution in [0.2, 0.25) is 0 Å². The Balaban J connectivity index is 1.68. The molecule has 0 radical (unpaired) electrons. The van der Waals surface area contributed by atoms with Gasteiger partial charge < -0.3 is 4.90 Å². The number of benzene rings is 1. The lowest BCUT2D eigenvalue weighted by Gasteiger charge is -2.34. The molecule has 176 valence electrons. The first-order chi connectivity index (χ1) is 15.6. The van der Waals surface area contributed by atoms with Crippen molar-refractivity contribution in [3.63, 3.8) is 0 Å². The molecular formula is C27H36N4O2. The highest BCUT2D eigenvalue weighted by molar-refractivity contribution is 5.95. The van der Waals surface area contributed by atoms with Gasteiger partial charge in [-0.05, 0) is 58.4 Å². The van der Waals surface area contributed by atoms with Crippen LogP contribution in [-0.4, -0.2) is 39.8 Å². The molecule has 2 aliphatic rings. The summed E-state index contributed by atoms with van der Waals surface area (Å²) in [5.74, 6) is 1.99. The molecule has 1 saturated heterocycles. The Hall–Kier alpha value is -2.76. The summed E-state index contributed by atoms with van der Waals surface area (Å²) in [5, 5.41) is 0. The number of carbonyl (C=O) groups is 2. The van der Waals surface area contributed by atoms with Crippen molar-refractivity contribution in [2.75, 3.05) is 18.0 Å². The van der Waals surface area contributed by atoms with E-state index in [0.29, 0.717) is 37.7 Å². The number of carbonyl (C=O) groups excluding carboxylic acids is 2. The summed E-state index contributed by atoms with van der Waals surface area (Å²) >= 11 is 0. The first-order valence-corrected chi connectivity index (χ1v) is 12.2. The van der Waals surface area contributed by atoms with Crippen molar-refractivity contribution >= 4 is 17.6 Å². The average Bonchev–Trinajstić information content (AvgIpc) is 3.25. The fourth-order valence-corrected chi connectivity index (χ4v) is 5.04. The number of amides is 2. The minimum absolute atomic E-state index is 0.0999. The van der Waals surface area contributed by atoms with Crippen molar-refractivity contribution in [1.29, 1.82) is 0 Å². The first kappa shape index (κ1) is 23.4. The molecule has 6 heteroatoms. The van der Waals surface area contributed by atoms with E-state index >= 15 is 0 Å². The highest BCUT2D eigenvalue weighted by Gasteiger charge is 2.41. The van der Waals surface area contributed by atoms with Crippen molar-refractivity contribution in [1.82, 2.24) is 14.9 Å². The van der Waals surface area contributed by atoms with Crippen LogP contribution in [0, 0.1) is 19.8 Å². The summed E-state index contributed by atoms with van der Waals surface area (Å²) in [6.07, 6.45) is 2.95. The lowest BCUT2D eigenvalue weighted by atomic mass is 9.82. The molecule has 33 heavy (non-hydrogen) atoms.